The van der Waals surface area contributed by atoms with Gasteiger partial charge in [0.15, 0.2) is 5.82 Å². The van der Waals surface area contributed by atoms with Crippen LogP contribution in [0, 0.1) is 0 Å². The molecule has 6 aromatic rings. The second kappa shape index (κ2) is 6.42. The average molecular weight is 391 g/mol. The second-order valence-corrected chi connectivity index (χ2v) is 7.22. The van der Waals surface area contributed by atoms with Gasteiger partial charge in [-0.2, -0.15) is 5.10 Å². The van der Waals surface area contributed by atoms with Gasteiger partial charge in [0.1, 0.15) is 17.2 Å². The molecule has 3 aromatic heterocycles. The van der Waals surface area contributed by atoms with Gasteiger partial charge in [-0.25, -0.2) is 4.98 Å². The molecule has 0 saturated carbocycles. The predicted molar refractivity (Wildman–Crippen MR) is 118 cm³/mol. The lowest BCUT2D eigenvalue weighted by molar-refractivity contribution is 0.484. The predicted octanol–water partition coefficient (Wildman–Crippen LogP) is 5.46. The Balaban J connectivity index is 1.43. The summed E-state index contributed by atoms with van der Waals surface area (Å²) < 4.78 is 8.20. The Bertz CT molecular complexity index is 1550. The Morgan fingerprint density at radius 1 is 0.867 bits per heavy atom. The zero-order valence-electron chi connectivity index (χ0n) is 16.2. The fourth-order valence-corrected chi connectivity index (χ4v) is 3.83. The fraction of sp³-hybridized carbons (Fsp3) is 0.0417. The Morgan fingerprint density at radius 3 is 2.67 bits per heavy atom. The van der Waals surface area contributed by atoms with E-state index in [1.54, 1.807) is 6.20 Å². The van der Waals surface area contributed by atoms with Gasteiger partial charge in [0.2, 0.25) is 0 Å². The zero-order valence-corrected chi connectivity index (χ0v) is 16.2. The highest BCUT2D eigenvalue weighted by Gasteiger charge is 2.16. The van der Waals surface area contributed by atoms with Crippen LogP contribution in [-0.4, -0.2) is 24.7 Å². The summed E-state index contributed by atoms with van der Waals surface area (Å²) in [7, 11) is 2.01. The summed E-state index contributed by atoms with van der Waals surface area (Å²) in [5.41, 5.74) is 4.65. The minimum Gasteiger partial charge on any atom is -0.457 e. The molecule has 0 aliphatic heterocycles. The first-order valence-electron chi connectivity index (χ1n) is 9.69. The molecular weight excluding hydrogens is 374 g/mol. The molecule has 6 heteroatoms. The molecule has 0 aliphatic carbocycles. The van der Waals surface area contributed by atoms with Crippen molar-refractivity contribution in [2.75, 3.05) is 0 Å². The van der Waals surface area contributed by atoms with E-state index < -0.39 is 0 Å². The molecule has 0 atom stereocenters. The Hall–Kier alpha value is -4.19. The minimum atomic E-state index is 0.735. The van der Waals surface area contributed by atoms with Crippen LogP contribution < -0.4 is 4.74 Å². The Morgan fingerprint density at radius 2 is 1.73 bits per heavy atom. The molecule has 6 rings (SSSR count). The molecule has 0 spiro atoms. The number of para-hydroxylation sites is 2. The van der Waals surface area contributed by atoms with Crippen molar-refractivity contribution in [3.8, 4) is 23.0 Å². The van der Waals surface area contributed by atoms with E-state index in [9.17, 15) is 0 Å². The number of rotatable bonds is 3. The van der Waals surface area contributed by atoms with Crippen LogP contribution in [0.4, 0.5) is 0 Å². The molecular formula is C24H17N5O. The van der Waals surface area contributed by atoms with E-state index in [4.69, 9.17) is 9.72 Å². The van der Waals surface area contributed by atoms with Crippen molar-refractivity contribution in [2.24, 2.45) is 7.05 Å². The lowest BCUT2D eigenvalue weighted by atomic mass is 10.2. The molecule has 6 nitrogen and oxygen atoms in total. The third kappa shape index (κ3) is 2.62. The van der Waals surface area contributed by atoms with Gasteiger partial charge in [-0.1, -0.05) is 18.2 Å². The zero-order chi connectivity index (χ0) is 20.1. The van der Waals surface area contributed by atoms with Crippen molar-refractivity contribution < 1.29 is 4.74 Å². The fourth-order valence-electron chi connectivity index (χ4n) is 3.83. The summed E-state index contributed by atoms with van der Waals surface area (Å²) in [5.74, 6) is 2.29. The minimum absolute atomic E-state index is 0.735. The van der Waals surface area contributed by atoms with Gasteiger partial charge in [0.25, 0.3) is 0 Å². The number of hydrogen-bond acceptors (Lipinski definition) is 4. The molecule has 0 aliphatic rings. The maximum Gasteiger partial charge on any atom is 0.162 e. The number of aryl methyl sites for hydroxylation is 1. The van der Waals surface area contributed by atoms with E-state index in [0.717, 1.165) is 55.9 Å². The van der Waals surface area contributed by atoms with Crippen molar-refractivity contribution in [3.63, 3.8) is 0 Å². The average Bonchev–Trinajstić information content (AvgIpc) is 3.34. The largest absolute Gasteiger partial charge is 0.457 e. The number of nitrogens with one attached hydrogen (secondary N) is 1. The maximum atomic E-state index is 6.14. The molecule has 0 amide bonds. The van der Waals surface area contributed by atoms with Crippen LogP contribution in [0.5, 0.6) is 11.5 Å². The molecule has 30 heavy (non-hydrogen) atoms. The van der Waals surface area contributed by atoms with Gasteiger partial charge in [-0.3, -0.25) is 10.1 Å². The van der Waals surface area contributed by atoms with E-state index in [1.165, 1.54) is 0 Å². The number of imidazole rings is 1. The molecule has 0 radical (unpaired) electrons. The summed E-state index contributed by atoms with van der Waals surface area (Å²) in [4.78, 5) is 9.19. The first-order valence-corrected chi connectivity index (χ1v) is 9.69. The number of pyridine rings is 1. The maximum absolute atomic E-state index is 6.14. The van der Waals surface area contributed by atoms with E-state index >= 15 is 0 Å². The Labute approximate surface area is 171 Å². The van der Waals surface area contributed by atoms with Crippen LogP contribution in [-0.2, 0) is 7.05 Å². The van der Waals surface area contributed by atoms with Crippen LogP contribution >= 0.6 is 0 Å². The van der Waals surface area contributed by atoms with Crippen molar-refractivity contribution in [2.45, 2.75) is 0 Å². The SMILES string of the molecule is Cn1c(-c2n[nH]c3ccc(Oc4ccc5cccnc5c4)cc23)nc2ccccc21. The number of fused-ring (bicyclic) bond motifs is 3. The van der Waals surface area contributed by atoms with Gasteiger partial charge >= 0.3 is 0 Å². The lowest BCUT2D eigenvalue weighted by Crippen LogP contribution is -1.93. The molecule has 3 heterocycles. The summed E-state index contributed by atoms with van der Waals surface area (Å²) in [6, 6.07) is 23.9. The van der Waals surface area contributed by atoms with Gasteiger partial charge in [0, 0.05) is 30.1 Å². The number of ether oxygens (including phenoxy) is 1. The molecule has 0 saturated heterocycles. The molecule has 0 unspecified atom stereocenters. The summed E-state index contributed by atoms with van der Waals surface area (Å²) in [5, 5.41) is 9.69. The van der Waals surface area contributed by atoms with Crippen LogP contribution in [0.15, 0.2) is 79.0 Å². The number of aromatic amines is 1. The molecule has 3 aromatic carbocycles. The van der Waals surface area contributed by atoms with Crippen LogP contribution in [0.3, 0.4) is 0 Å². The highest BCUT2D eigenvalue weighted by Crippen LogP contribution is 2.32. The van der Waals surface area contributed by atoms with E-state index in [1.807, 2.05) is 73.8 Å². The van der Waals surface area contributed by atoms with E-state index in [2.05, 4.69) is 25.8 Å². The summed E-state index contributed by atoms with van der Waals surface area (Å²) >= 11 is 0. The van der Waals surface area contributed by atoms with Crippen LogP contribution in [0.25, 0.3) is 44.4 Å². The van der Waals surface area contributed by atoms with Crippen molar-refractivity contribution in [1.82, 2.24) is 24.7 Å². The Kier molecular flexibility index (Phi) is 3.58. The normalized spacial score (nSPS) is 11.5. The van der Waals surface area contributed by atoms with Crippen LogP contribution in [0.2, 0.25) is 0 Å². The smallest absolute Gasteiger partial charge is 0.162 e. The van der Waals surface area contributed by atoms with Crippen molar-refractivity contribution >= 4 is 32.8 Å². The lowest BCUT2D eigenvalue weighted by Gasteiger charge is -2.07. The molecule has 0 bridgehead atoms. The number of nitrogens with zero attached hydrogens (tertiary/aromatic N) is 4. The van der Waals surface area contributed by atoms with E-state index in [-0.39, 0.29) is 0 Å². The molecule has 1 N–H and O–H groups in total. The number of hydrogen-bond donors (Lipinski definition) is 1. The van der Waals surface area contributed by atoms with Gasteiger partial charge in [-0.05, 0) is 48.5 Å². The first-order chi connectivity index (χ1) is 14.8. The highest BCUT2D eigenvalue weighted by molar-refractivity contribution is 5.94. The monoisotopic (exact) mass is 391 g/mol. The third-order valence-electron chi connectivity index (χ3n) is 5.35. The number of benzene rings is 3. The van der Waals surface area contributed by atoms with Gasteiger partial charge in [0.05, 0.1) is 22.1 Å². The highest BCUT2D eigenvalue weighted by atomic mass is 16.5. The van der Waals surface area contributed by atoms with Crippen molar-refractivity contribution in [3.05, 3.63) is 79.0 Å². The molecule has 144 valence electrons. The molecule has 0 fully saturated rings. The summed E-state index contributed by atoms with van der Waals surface area (Å²) in [6.07, 6.45) is 1.78. The van der Waals surface area contributed by atoms with Crippen LogP contribution in [0.1, 0.15) is 0 Å². The second-order valence-electron chi connectivity index (χ2n) is 7.22. The topological polar surface area (TPSA) is 68.6 Å². The third-order valence-corrected chi connectivity index (χ3v) is 5.35. The standard InChI is InChI=1S/C24H17N5O/c1-29-22-7-3-2-6-20(22)26-24(29)23-18-13-16(10-11-19(18)27-28-23)30-17-9-8-15-5-4-12-25-21(15)14-17/h2-14H,1H3,(H,27,28). The van der Waals surface area contributed by atoms with Gasteiger partial charge < -0.3 is 9.30 Å². The van der Waals surface area contributed by atoms with Gasteiger partial charge in [-0.15, -0.1) is 0 Å². The van der Waals surface area contributed by atoms with Crippen molar-refractivity contribution in [1.29, 1.82) is 0 Å². The number of aromatic nitrogens is 5. The number of H-pyrrole nitrogens is 1. The quantitative estimate of drug-likeness (QED) is 0.435. The summed E-state index contributed by atoms with van der Waals surface area (Å²) in [6.45, 7) is 0. The van der Waals surface area contributed by atoms with E-state index in [0.29, 0.717) is 0 Å². The first kappa shape index (κ1) is 16.7.